The van der Waals surface area contributed by atoms with Crippen molar-refractivity contribution in [2.45, 2.75) is 51.9 Å². The van der Waals surface area contributed by atoms with Crippen molar-refractivity contribution in [2.75, 3.05) is 5.73 Å². The summed E-state index contributed by atoms with van der Waals surface area (Å²) in [6.07, 6.45) is 3.70. The van der Waals surface area contributed by atoms with Crippen LogP contribution in [0.2, 0.25) is 0 Å². The van der Waals surface area contributed by atoms with Crippen molar-refractivity contribution in [3.8, 4) is 0 Å². The highest BCUT2D eigenvalue weighted by molar-refractivity contribution is 5.34. The van der Waals surface area contributed by atoms with Gasteiger partial charge in [-0.25, -0.2) is 4.98 Å². The molecule has 0 saturated heterocycles. The Labute approximate surface area is 126 Å². The Morgan fingerprint density at radius 2 is 1.62 bits per heavy atom. The molecule has 21 heavy (non-hydrogen) atoms. The first-order valence-electron chi connectivity index (χ1n) is 7.72. The maximum absolute atomic E-state index is 5.91. The molecule has 4 nitrogen and oxygen atoms in total. The molecule has 4 heteroatoms. The van der Waals surface area contributed by atoms with Crippen LogP contribution < -0.4 is 5.73 Å². The summed E-state index contributed by atoms with van der Waals surface area (Å²) >= 11 is 0. The van der Waals surface area contributed by atoms with Crippen molar-refractivity contribution < 1.29 is 0 Å². The lowest BCUT2D eigenvalue weighted by molar-refractivity contribution is 0.445. The lowest BCUT2D eigenvalue weighted by Crippen LogP contribution is -2.30. The average molecular weight is 284 g/mol. The monoisotopic (exact) mass is 284 g/mol. The number of nitrogens with zero attached hydrogens (tertiary/aromatic N) is 3. The Bertz CT molecular complexity index is 577. The summed E-state index contributed by atoms with van der Waals surface area (Å²) in [6, 6.07) is 10.4. The van der Waals surface area contributed by atoms with Crippen molar-refractivity contribution >= 4 is 5.95 Å². The third-order valence-corrected chi connectivity index (χ3v) is 4.13. The zero-order chi connectivity index (χ0) is 15.3. The predicted molar refractivity (Wildman–Crippen MR) is 86.0 cm³/mol. The van der Waals surface area contributed by atoms with E-state index in [1.54, 1.807) is 0 Å². The summed E-state index contributed by atoms with van der Waals surface area (Å²) < 4.78 is 0. The first-order chi connectivity index (χ1) is 10.2. The molecule has 0 aliphatic rings. The first kappa shape index (κ1) is 15.4. The van der Waals surface area contributed by atoms with Crippen LogP contribution in [0.4, 0.5) is 5.95 Å². The fourth-order valence-corrected chi connectivity index (χ4v) is 2.85. The van der Waals surface area contributed by atoms with E-state index in [1.165, 1.54) is 5.56 Å². The molecule has 1 heterocycles. The van der Waals surface area contributed by atoms with E-state index in [-0.39, 0.29) is 5.41 Å². The Morgan fingerprint density at radius 1 is 0.952 bits per heavy atom. The number of rotatable bonds is 6. The van der Waals surface area contributed by atoms with Gasteiger partial charge < -0.3 is 5.73 Å². The molecule has 0 bridgehead atoms. The molecule has 0 amide bonds. The predicted octanol–water partition coefficient (Wildman–Crippen LogP) is 3.51. The van der Waals surface area contributed by atoms with E-state index < -0.39 is 0 Å². The fraction of sp³-hybridized carbons (Fsp3) is 0.471. The highest BCUT2D eigenvalue weighted by Crippen LogP contribution is 2.36. The molecule has 0 atom stereocenters. The molecule has 2 N–H and O–H groups in total. The number of hydrogen-bond acceptors (Lipinski definition) is 4. The van der Waals surface area contributed by atoms with Gasteiger partial charge in [0.25, 0.3) is 0 Å². The van der Waals surface area contributed by atoms with Crippen LogP contribution in [-0.4, -0.2) is 15.0 Å². The summed E-state index contributed by atoms with van der Waals surface area (Å²) in [5.74, 6) is 1.92. The molecular weight excluding hydrogens is 260 g/mol. The number of anilines is 1. The highest BCUT2D eigenvalue weighted by Gasteiger charge is 2.34. The molecule has 0 fully saturated rings. The molecule has 0 aliphatic heterocycles. The van der Waals surface area contributed by atoms with Gasteiger partial charge in [0.05, 0.1) is 5.41 Å². The lowest BCUT2D eigenvalue weighted by atomic mass is 9.75. The molecular formula is C17H24N4. The quantitative estimate of drug-likeness (QED) is 0.881. The number of aromatic nitrogens is 3. The van der Waals surface area contributed by atoms with Gasteiger partial charge in [0.1, 0.15) is 11.6 Å². The standard InChI is InChI=1S/C17H24N4/c1-4-10-14-19-15(21-16(18)20-14)17(5-2,6-3)13-11-8-7-9-12-13/h7-9,11-12H,4-6,10H2,1-3H3,(H2,18,19,20,21). The Hall–Kier alpha value is -1.97. The highest BCUT2D eigenvalue weighted by atomic mass is 15.1. The minimum atomic E-state index is -0.194. The van der Waals surface area contributed by atoms with Crippen molar-refractivity contribution in [3.05, 3.63) is 47.5 Å². The fourth-order valence-electron chi connectivity index (χ4n) is 2.85. The van der Waals surface area contributed by atoms with Gasteiger partial charge in [0.15, 0.2) is 0 Å². The number of benzene rings is 1. The van der Waals surface area contributed by atoms with Crippen LogP contribution in [0.1, 0.15) is 57.2 Å². The van der Waals surface area contributed by atoms with Gasteiger partial charge in [-0.1, -0.05) is 51.1 Å². The number of nitrogen functional groups attached to an aromatic ring is 1. The van der Waals surface area contributed by atoms with E-state index in [1.807, 2.05) is 6.07 Å². The Morgan fingerprint density at radius 3 is 2.19 bits per heavy atom. The average Bonchev–Trinajstić information content (AvgIpc) is 2.50. The van der Waals surface area contributed by atoms with Gasteiger partial charge in [-0.2, -0.15) is 9.97 Å². The largest absolute Gasteiger partial charge is 0.368 e. The summed E-state index contributed by atoms with van der Waals surface area (Å²) in [6.45, 7) is 6.47. The number of nitrogens with two attached hydrogens (primary N) is 1. The summed E-state index contributed by atoms with van der Waals surface area (Å²) in [4.78, 5) is 13.4. The smallest absolute Gasteiger partial charge is 0.223 e. The van der Waals surface area contributed by atoms with E-state index in [0.29, 0.717) is 5.95 Å². The zero-order valence-electron chi connectivity index (χ0n) is 13.1. The molecule has 2 aromatic rings. The second-order valence-electron chi connectivity index (χ2n) is 5.34. The molecule has 0 spiro atoms. The zero-order valence-corrected chi connectivity index (χ0v) is 13.1. The van der Waals surface area contributed by atoms with E-state index in [0.717, 1.165) is 37.3 Å². The van der Waals surface area contributed by atoms with Gasteiger partial charge in [-0.05, 0) is 24.8 Å². The second kappa shape index (κ2) is 6.66. The van der Waals surface area contributed by atoms with Crippen molar-refractivity contribution in [1.29, 1.82) is 0 Å². The van der Waals surface area contributed by atoms with Crippen LogP contribution in [0.25, 0.3) is 0 Å². The summed E-state index contributed by atoms with van der Waals surface area (Å²) in [7, 11) is 0. The molecule has 0 unspecified atom stereocenters. The van der Waals surface area contributed by atoms with E-state index >= 15 is 0 Å². The Kier molecular flexibility index (Phi) is 4.89. The number of hydrogen-bond donors (Lipinski definition) is 1. The maximum atomic E-state index is 5.91. The maximum Gasteiger partial charge on any atom is 0.223 e. The van der Waals surface area contributed by atoms with Crippen molar-refractivity contribution in [3.63, 3.8) is 0 Å². The van der Waals surface area contributed by atoms with Gasteiger partial charge in [-0.3, -0.25) is 0 Å². The van der Waals surface area contributed by atoms with Crippen LogP contribution >= 0.6 is 0 Å². The third-order valence-electron chi connectivity index (χ3n) is 4.13. The molecule has 0 saturated carbocycles. The normalized spacial score (nSPS) is 11.6. The number of aryl methyl sites for hydroxylation is 1. The van der Waals surface area contributed by atoms with Crippen LogP contribution in [-0.2, 0) is 11.8 Å². The molecule has 1 aromatic carbocycles. The molecule has 2 rings (SSSR count). The second-order valence-corrected chi connectivity index (χ2v) is 5.34. The van der Waals surface area contributed by atoms with Crippen LogP contribution in [0.15, 0.2) is 30.3 Å². The van der Waals surface area contributed by atoms with E-state index in [4.69, 9.17) is 10.7 Å². The minimum absolute atomic E-state index is 0.194. The molecule has 0 aliphatic carbocycles. The van der Waals surface area contributed by atoms with Gasteiger partial charge in [0.2, 0.25) is 5.95 Å². The summed E-state index contributed by atoms with van der Waals surface area (Å²) in [5, 5.41) is 0. The van der Waals surface area contributed by atoms with E-state index in [2.05, 4.69) is 55.0 Å². The van der Waals surface area contributed by atoms with Gasteiger partial charge >= 0.3 is 0 Å². The third kappa shape index (κ3) is 3.04. The van der Waals surface area contributed by atoms with Gasteiger partial charge in [0, 0.05) is 6.42 Å². The molecule has 112 valence electrons. The topological polar surface area (TPSA) is 64.7 Å². The van der Waals surface area contributed by atoms with Crippen molar-refractivity contribution in [2.24, 2.45) is 0 Å². The van der Waals surface area contributed by atoms with Crippen LogP contribution in [0.5, 0.6) is 0 Å². The van der Waals surface area contributed by atoms with Gasteiger partial charge in [-0.15, -0.1) is 0 Å². The van der Waals surface area contributed by atoms with Crippen LogP contribution in [0.3, 0.4) is 0 Å². The molecule has 1 aromatic heterocycles. The Balaban J connectivity index is 2.57. The minimum Gasteiger partial charge on any atom is -0.368 e. The molecule has 0 radical (unpaired) electrons. The summed E-state index contributed by atoms with van der Waals surface area (Å²) in [5.41, 5.74) is 6.96. The SMILES string of the molecule is CCCc1nc(N)nc(C(CC)(CC)c2ccccc2)n1. The first-order valence-corrected chi connectivity index (χ1v) is 7.72. The van der Waals surface area contributed by atoms with Crippen LogP contribution in [0, 0.1) is 0 Å². The lowest BCUT2D eigenvalue weighted by Gasteiger charge is -2.31. The van der Waals surface area contributed by atoms with E-state index in [9.17, 15) is 0 Å². The van der Waals surface area contributed by atoms with Crippen molar-refractivity contribution in [1.82, 2.24) is 15.0 Å².